The number of fused-ring (bicyclic) bond motifs is 1. The Morgan fingerprint density at radius 2 is 1.62 bits per heavy atom. The largest absolute Gasteiger partial charge is 0.497 e. The molecule has 0 radical (unpaired) electrons. The fraction of sp³-hybridized carbons (Fsp3) is 0.0556. The topological polar surface area (TPSA) is 37.9 Å². The Bertz CT molecular complexity index is 836. The van der Waals surface area contributed by atoms with Crippen molar-refractivity contribution in [1.29, 1.82) is 0 Å². The van der Waals surface area contributed by atoms with Crippen LogP contribution in [0.25, 0.3) is 11.0 Å². The highest BCUT2D eigenvalue weighted by atomic mass is 16.5. The molecule has 0 unspecified atom stereocenters. The van der Waals surface area contributed by atoms with Crippen molar-refractivity contribution in [3.8, 4) is 66.0 Å². The Morgan fingerprint density at radius 3 is 2.19 bits per heavy atom. The van der Waals surface area contributed by atoms with Crippen LogP contribution in [-0.4, -0.2) is 17.1 Å². The molecule has 0 aliphatic carbocycles. The zero-order valence-electron chi connectivity index (χ0n) is 11.3. The molecule has 3 nitrogen and oxygen atoms in total. The van der Waals surface area contributed by atoms with E-state index in [1.54, 1.807) is 13.4 Å². The minimum atomic E-state index is 0.849. The van der Waals surface area contributed by atoms with Crippen molar-refractivity contribution in [3.63, 3.8) is 0 Å². The number of ether oxygens (including phenoxy) is 1. The molecule has 0 atom stereocenters. The fourth-order valence-electron chi connectivity index (χ4n) is 1.24. The summed E-state index contributed by atoms with van der Waals surface area (Å²) in [6.45, 7) is 0. The van der Waals surface area contributed by atoms with E-state index in [4.69, 9.17) is 17.6 Å². The lowest BCUT2D eigenvalue weighted by Crippen LogP contribution is -1.80. The maximum absolute atomic E-state index is 5.04. The van der Waals surface area contributed by atoms with E-state index >= 15 is 0 Å². The number of methoxy groups -OCH3 is 1. The SMILES string of the molecule is C#CC#CC#CC#CC#C.COc1ccc2nc[nH]c2c1. The van der Waals surface area contributed by atoms with Crippen LogP contribution in [0.4, 0.5) is 0 Å². The summed E-state index contributed by atoms with van der Waals surface area (Å²) in [7, 11) is 1.65. The molecule has 1 aromatic carbocycles. The molecule has 0 aliphatic heterocycles. The molecule has 1 N–H and O–H groups in total. The van der Waals surface area contributed by atoms with Crippen molar-refractivity contribution in [1.82, 2.24) is 9.97 Å². The van der Waals surface area contributed by atoms with Crippen LogP contribution in [0.5, 0.6) is 5.75 Å². The van der Waals surface area contributed by atoms with Gasteiger partial charge in [-0.1, -0.05) is 0 Å². The molecule has 0 saturated carbocycles. The number of rotatable bonds is 1. The normalized spacial score (nSPS) is 7.00. The Balaban J connectivity index is 0.000000212. The van der Waals surface area contributed by atoms with Crippen LogP contribution in [0, 0.1) is 60.2 Å². The Morgan fingerprint density at radius 1 is 1.00 bits per heavy atom. The minimum Gasteiger partial charge on any atom is -0.497 e. The van der Waals surface area contributed by atoms with Crippen LogP contribution in [0.15, 0.2) is 24.5 Å². The Labute approximate surface area is 124 Å². The standard InChI is InChI=1S/C10H2.C8H8N2O/c1-3-5-7-9-10-8-6-4-2;1-11-6-2-3-7-8(4-6)10-5-9-7/h1-2H;2-5H,1H3,(H,9,10). The van der Waals surface area contributed by atoms with Crippen LogP contribution >= 0.6 is 0 Å². The van der Waals surface area contributed by atoms with E-state index in [-0.39, 0.29) is 0 Å². The summed E-state index contributed by atoms with van der Waals surface area (Å²) in [5.74, 6) is 19.2. The summed E-state index contributed by atoms with van der Waals surface area (Å²) in [5, 5.41) is 0. The fourth-order valence-corrected chi connectivity index (χ4v) is 1.24. The smallest absolute Gasteiger partial charge is 0.121 e. The van der Waals surface area contributed by atoms with E-state index < -0.39 is 0 Å². The summed E-state index contributed by atoms with van der Waals surface area (Å²) in [5.41, 5.74) is 1.97. The quantitative estimate of drug-likeness (QED) is 0.803. The molecule has 0 fully saturated rings. The lowest BCUT2D eigenvalue weighted by atomic mass is 10.3. The number of terminal acetylenes is 2. The molecule has 0 aliphatic rings. The summed E-state index contributed by atoms with van der Waals surface area (Å²) in [4.78, 5) is 7.09. The van der Waals surface area contributed by atoms with Gasteiger partial charge in [0.2, 0.25) is 0 Å². The number of H-pyrrole nitrogens is 1. The van der Waals surface area contributed by atoms with Gasteiger partial charge in [-0.3, -0.25) is 0 Å². The zero-order valence-corrected chi connectivity index (χ0v) is 11.3. The van der Waals surface area contributed by atoms with Gasteiger partial charge in [-0.15, -0.1) is 12.8 Å². The number of hydrogen-bond donors (Lipinski definition) is 1. The second-order valence-corrected chi connectivity index (χ2v) is 3.32. The van der Waals surface area contributed by atoms with Crippen LogP contribution in [0.2, 0.25) is 0 Å². The first kappa shape index (κ1) is 15.3. The van der Waals surface area contributed by atoms with Gasteiger partial charge in [0.1, 0.15) is 5.75 Å². The molecule has 2 aromatic rings. The zero-order chi connectivity index (χ0) is 15.3. The third-order valence-corrected chi connectivity index (χ3v) is 2.08. The van der Waals surface area contributed by atoms with Crippen LogP contribution in [0.1, 0.15) is 0 Å². The highest BCUT2D eigenvalue weighted by Crippen LogP contribution is 2.16. The summed E-state index contributed by atoms with van der Waals surface area (Å²) < 4.78 is 5.04. The average molecular weight is 270 g/mol. The highest BCUT2D eigenvalue weighted by molar-refractivity contribution is 5.75. The predicted molar refractivity (Wildman–Crippen MR) is 83.6 cm³/mol. The maximum atomic E-state index is 5.04. The molecule has 21 heavy (non-hydrogen) atoms. The van der Waals surface area contributed by atoms with Crippen LogP contribution in [-0.2, 0) is 0 Å². The third kappa shape index (κ3) is 5.64. The minimum absolute atomic E-state index is 0.849. The summed E-state index contributed by atoms with van der Waals surface area (Å²) >= 11 is 0. The van der Waals surface area contributed by atoms with E-state index in [2.05, 4.69) is 57.3 Å². The monoisotopic (exact) mass is 270 g/mol. The van der Waals surface area contributed by atoms with Gasteiger partial charge >= 0.3 is 0 Å². The molecule has 98 valence electrons. The van der Waals surface area contributed by atoms with E-state index in [0.717, 1.165) is 16.8 Å². The molecule has 0 bridgehead atoms. The Hall–Kier alpha value is -3.71. The first-order valence-electron chi connectivity index (χ1n) is 5.70. The van der Waals surface area contributed by atoms with Crippen LogP contribution in [0.3, 0.4) is 0 Å². The van der Waals surface area contributed by atoms with E-state index in [1.165, 1.54) is 0 Å². The van der Waals surface area contributed by atoms with Crippen molar-refractivity contribution < 1.29 is 4.74 Å². The summed E-state index contributed by atoms with van der Waals surface area (Å²) in [6.07, 6.45) is 11.3. The second kappa shape index (κ2) is 9.25. The van der Waals surface area contributed by atoms with Gasteiger partial charge < -0.3 is 9.72 Å². The second-order valence-electron chi connectivity index (χ2n) is 3.32. The first-order valence-corrected chi connectivity index (χ1v) is 5.70. The van der Waals surface area contributed by atoms with Crippen molar-refractivity contribution in [2.24, 2.45) is 0 Å². The number of nitrogens with one attached hydrogen (secondary N) is 1. The molecule has 3 heteroatoms. The third-order valence-electron chi connectivity index (χ3n) is 2.08. The van der Waals surface area contributed by atoms with Gasteiger partial charge in [-0.2, -0.15) is 0 Å². The molecule has 0 saturated heterocycles. The molecular formula is C18H10N2O. The van der Waals surface area contributed by atoms with Crippen molar-refractivity contribution in [2.45, 2.75) is 0 Å². The lowest BCUT2D eigenvalue weighted by Gasteiger charge is -1.96. The number of benzene rings is 1. The van der Waals surface area contributed by atoms with Crippen molar-refractivity contribution in [2.75, 3.05) is 7.11 Å². The predicted octanol–water partition coefficient (Wildman–Crippen LogP) is 1.83. The highest BCUT2D eigenvalue weighted by Gasteiger charge is 1.95. The number of aromatic amines is 1. The molecule has 2 rings (SSSR count). The first-order chi connectivity index (χ1) is 10.3. The van der Waals surface area contributed by atoms with Gasteiger partial charge in [-0.25, -0.2) is 4.98 Å². The molecule has 1 aromatic heterocycles. The Kier molecular flexibility index (Phi) is 6.76. The molecule has 1 heterocycles. The van der Waals surface area contributed by atoms with Gasteiger partial charge in [0.25, 0.3) is 0 Å². The van der Waals surface area contributed by atoms with Gasteiger partial charge in [-0.05, 0) is 59.5 Å². The lowest BCUT2D eigenvalue weighted by molar-refractivity contribution is 0.415. The van der Waals surface area contributed by atoms with Gasteiger partial charge in [0.15, 0.2) is 0 Å². The van der Waals surface area contributed by atoms with E-state index in [0.29, 0.717) is 0 Å². The van der Waals surface area contributed by atoms with Crippen molar-refractivity contribution >= 4 is 11.0 Å². The summed E-state index contributed by atoms with van der Waals surface area (Å²) in [6, 6.07) is 5.73. The van der Waals surface area contributed by atoms with E-state index in [9.17, 15) is 0 Å². The van der Waals surface area contributed by atoms with Gasteiger partial charge in [0.05, 0.1) is 24.5 Å². The average Bonchev–Trinajstić information content (AvgIpc) is 2.99. The molecule has 0 spiro atoms. The number of aromatic nitrogens is 2. The number of nitrogens with zero attached hydrogens (tertiary/aromatic N) is 1. The number of hydrogen-bond acceptors (Lipinski definition) is 2. The molecular weight excluding hydrogens is 260 g/mol. The van der Waals surface area contributed by atoms with Crippen LogP contribution < -0.4 is 4.74 Å². The number of imidazole rings is 1. The molecule has 0 amide bonds. The van der Waals surface area contributed by atoms with Gasteiger partial charge in [0, 0.05) is 6.07 Å². The maximum Gasteiger partial charge on any atom is 0.121 e. The van der Waals surface area contributed by atoms with E-state index in [1.807, 2.05) is 18.2 Å². The van der Waals surface area contributed by atoms with Crippen molar-refractivity contribution in [3.05, 3.63) is 24.5 Å².